The molecular weight excluding hydrogens is 326 g/mol. The summed E-state index contributed by atoms with van der Waals surface area (Å²) in [6.07, 6.45) is 6.90. The zero-order valence-corrected chi connectivity index (χ0v) is 13.8. The van der Waals surface area contributed by atoms with Gasteiger partial charge in [0, 0.05) is 11.0 Å². The molecule has 1 N–H and O–H groups in total. The first-order valence-corrected chi connectivity index (χ1v) is 9.09. The van der Waals surface area contributed by atoms with Crippen molar-refractivity contribution in [3.8, 4) is 0 Å². The number of unbranched alkanes of at least 4 members (excludes halogenated alkanes) is 5. The second kappa shape index (κ2) is 8.72. The molecule has 0 fully saturated rings. The lowest BCUT2D eigenvalue weighted by molar-refractivity contribution is 0.567. The highest BCUT2D eigenvalue weighted by Crippen LogP contribution is 2.20. The Bertz CT molecular complexity index is 474. The first kappa shape index (κ1) is 16.7. The lowest BCUT2D eigenvalue weighted by atomic mass is 10.1. The van der Waals surface area contributed by atoms with Crippen LogP contribution in [0.5, 0.6) is 0 Å². The third-order valence-electron chi connectivity index (χ3n) is 2.95. The Labute approximate surface area is 125 Å². The molecule has 0 aliphatic carbocycles. The molecule has 0 atom stereocenters. The number of hydrogen-bond acceptors (Lipinski definition) is 2. The molecule has 0 spiro atoms. The van der Waals surface area contributed by atoms with Crippen LogP contribution in [-0.2, 0) is 10.0 Å². The Kier molecular flexibility index (Phi) is 7.64. The van der Waals surface area contributed by atoms with Gasteiger partial charge in [-0.25, -0.2) is 13.1 Å². The Hall–Kier alpha value is -0.390. The van der Waals surface area contributed by atoms with E-state index in [-0.39, 0.29) is 0 Å². The number of nitrogens with one attached hydrogen (secondary N) is 1. The van der Waals surface area contributed by atoms with E-state index in [1.54, 1.807) is 24.3 Å². The number of hydrogen-bond donors (Lipinski definition) is 1. The van der Waals surface area contributed by atoms with Gasteiger partial charge in [-0.15, -0.1) is 0 Å². The van der Waals surface area contributed by atoms with Crippen molar-refractivity contribution in [2.45, 2.75) is 50.3 Å². The summed E-state index contributed by atoms with van der Waals surface area (Å²) in [4.78, 5) is 0.306. The average molecular weight is 348 g/mol. The van der Waals surface area contributed by atoms with Gasteiger partial charge in [-0.2, -0.15) is 0 Å². The lowest BCUT2D eigenvalue weighted by Gasteiger charge is -2.08. The minimum absolute atomic E-state index is 0.306. The average Bonchev–Trinajstić information content (AvgIpc) is 2.38. The fraction of sp³-hybridized carbons (Fsp3) is 0.571. The summed E-state index contributed by atoms with van der Waals surface area (Å²) in [5, 5.41) is 0. The zero-order chi connectivity index (χ0) is 14.1. The third kappa shape index (κ3) is 6.06. The molecule has 0 aliphatic rings. The van der Waals surface area contributed by atoms with Crippen molar-refractivity contribution in [2.75, 3.05) is 6.54 Å². The summed E-state index contributed by atoms with van der Waals surface area (Å²) in [6, 6.07) is 6.87. The van der Waals surface area contributed by atoms with E-state index in [2.05, 4.69) is 27.6 Å². The maximum absolute atomic E-state index is 12.0. The van der Waals surface area contributed by atoms with Crippen LogP contribution < -0.4 is 4.72 Å². The van der Waals surface area contributed by atoms with Crippen molar-refractivity contribution in [2.24, 2.45) is 0 Å². The topological polar surface area (TPSA) is 46.2 Å². The van der Waals surface area contributed by atoms with Crippen LogP contribution in [-0.4, -0.2) is 15.0 Å². The molecule has 0 saturated carbocycles. The zero-order valence-electron chi connectivity index (χ0n) is 11.4. The maximum Gasteiger partial charge on any atom is 0.241 e. The number of halogens is 1. The molecule has 0 amide bonds. The molecule has 19 heavy (non-hydrogen) atoms. The van der Waals surface area contributed by atoms with E-state index in [0.29, 0.717) is 15.9 Å². The minimum Gasteiger partial charge on any atom is -0.211 e. The van der Waals surface area contributed by atoms with Gasteiger partial charge >= 0.3 is 0 Å². The summed E-state index contributed by atoms with van der Waals surface area (Å²) < 4.78 is 27.3. The molecule has 1 aromatic carbocycles. The molecule has 0 heterocycles. The second-order valence-electron chi connectivity index (χ2n) is 4.60. The van der Waals surface area contributed by atoms with Gasteiger partial charge in [0.1, 0.15) is 0 Å². The Morgan fingerprint density at radius 1 is 1.05 bits per heavy atom. The molecule has 0 unspecified atom stereocenters. The standard InChI is InChI=1S/C14H22BrNO2S/c1-2-3-4-5-6-9-12-16-19(17,18)14-11-8-7-10-13(14)15/h7-8,10-11,16H,2-6,9,12H2,1H3. The molecule has 1 aromatic rings. The molecule has 0 aliphatic heterocycles. The van der Waals surface area contributed by atoms with Gasteiger partial charge in [0.05, 0.1) is 4.90 Å². The number of sulfonamides is 1. The molecule has 5 heteroatoms. The van der Waals surface area contributed by atoms with Crippen LogP contribution in [0.25, 0.3) is 0 Å². The summed E-state index contributed by atoms with van der Waals surface area (Å²) in [5.41, 5.74) is 0. The molecule has 0 bridgehead atoms. The van der Waals surface area contributed by atoms with Crippen molar-refractivity contribution < 1.29 is 8.42 Å². The quantitative estimate of drug-likeness (QED) is 0.683. The first-order chi connectivity index (χ1) is 9.08. The number of benzene rings is 1. The fourth-order valence-corrected chi connectivity index (χ4v) is 3.93. The van der Waals surface area contributed by atoms with Crippen LogP contribution in [0, 0.1) is 0 Å². The molecule has 108 valence electrons. The van der Waals surface area contributed by atoms with Crippen molar-refractivity contribution in [3.63, 3.8) is 0 Å². The van der Waals surface area contributed by atoms with Crippen molar-refractivity contribution >= 4 is 26.0 Å². The predicted molar refractivity (Wildman–Crippen MR) is 82.7 cm³/mol. The maximum atomic E-state index is 12.0. The fourth-order valence-electron chi connectivity index (χ4n) is 1.85. The van der Waals surface area contributed by atoms with Crippen molar-refractivity contribution in [1.29, 1.82) is 0 Å². The van der Waals surface area contributed by atoms with Gasteiger partial charge in [0.15, 0.2) is 0 Å². The normalized spacial score (nSPS) is 11.7. The summed E-state index contributed by atoms with van der Waals surface area (Å²) in [6.45, 7) is 2.70. The van der Waals surface area contributed by atoms with Gasteiger partial charge in [0.25, 0.3) is 0 Å². The molecule has 0 radical (unpaired) electrons. The SMILES string of the molecule is CCCCCCCCNS(=O)(=O)c1ccccc1Br. The molecule has 3 nitrogen and oxygen atoms in total. The molecule has 0 saturated heterocycles. The largest absolute Gasteiger partial charge is 0.241 e. The van der Waals surface area contributed by atoms with Gasteiger partial charge in [-0.1, -0.05) is 51.2 Å². The van der Waals surface area contributed by atoms with E-state index in [4.69, 9.17) is 0 Å². The van der Waals surface area contributed by atoms with E-state index in [0.717, 1.165) is 12.8 Å². The second-order valence-corrected chi connectivity index (χ2v) is 7.19. The summed E-state index contributed by atoms with van der Waals surface area (Å²) >= 11 is 3.26. The molecule has 0 aromatic heterocycles. The smallest absolute Gasteiger partial charge is 0.211 e. The monoisotopic (exact) mass is 347 g/mol. The van der Waals surface area contributed by atoms with E-state index < -0.39 is 10.0 Å². The van der Waals surface area contributed by atoms with Crippen molar-refractivity contribution in [3.05, 3.63) is 28.7 Å². The highest BCUT2D eigenvalue weighted by Gasteiger charge is 2.15. The van der Waals surface area contributed by atoms with E-state index in [1.165, 1.54) is 25.7 Å². The van der Waals surface area contributed by atoms with Crippen LogP contribution in [0.2, 0.25) is 0 Å². The first-order valence-electron chi connectivity index (χ1n) is 6.82. The third-order valence-corrected chi connectivity index (χ3v) is 5.42. The molecular formula is C14H22BrNO2S. The van der Waals surface area contributed by atoms with Crippen LogP contribution >= 0.6 is 15.9 Å². The highest BCUT2D eigenvalue weighted by molar-refractivity contribution is 9.10. The van der Waals surface area contributed by atoms with Crippen LogP contribution in [0.4, 0.5) is 0 Å². The van der Waals surface area contributed by atoms with Gasteiger partial charge in [0.2, 0.25) is 10.0 Å². The van der Waals surface area contributed by atoms with Gasteiger partial charge in [-0.05, 0) is 34.5 Å². The van der Waals surface area contributed by atoms with Crippen LogP contribution in [0.1, 0.15) is 45.4 Å². The molecule has 1 rings (SSSR count). The van der Waals surface area contributed by atoms with E-state index in [1.807, 2.05) is 0 Å². The van der Waals surface area contributed by atoms with Crippen molar-refractivity contribution in [1.82, 2.24) is 4.72 Å². The Morgan fingerprint density at radius 2 is 1.68 bits per heavy atom. The van der Waals surface area contributed by atoms with Gasteiger partial charge < -0.3 is 0 Å². The summed E-state index contributed by atoms with van der Waals surface area (Å²) in [5.74, 6) is 0. The highest BCUT2D eigenvalue weighted by atomic mass is 79.9. The Morgan fingerprint density at radius 3 is 2.37 bits per heavy atom. The van der Waals surface area contributed by atoms with Gasteiger partial charge in [-0.3, -0.25) is 0 Å². The lowest BCUT2D eigenvalue weighted by Crippen LogP contribution is -2.25. The minimum atomic E-state index is -3.39. The Balaban J connectivity index is 2.34. The number of rotatable bonds is 9. The van der Waals surface area contributed by atoms with Crippen LogP contribution in [0.15, 0.2) is 33.6 Å². The summed E-state index contributed by atoms with van der Waals surface area (Å²) in [7, 11) is -3.39. The van der Waals surface area contributed by atoms with E-state index in [9.17, 15) is 8.42 Å². The van der Waals surface area contributed by atoms with E-state index >= 15 is 0 Å². The van der Waals surface area contributed by atoms with Crippen LogP contribution in [0.3, 0.4) is 0 Å². The predicted octanol–water partition coefficient (Wildman–Crippen LogP) is 4.09.